The molecule has 0 N–H and O–H groups in total. The quantitative estimate of drug-likeness (QED) is 0.706. The highest BCUT2D eigenvalue weighted by Gasteiger charge is 2.01. The van der Waals surface area contributed by atoms with Crippen LogP contribution in [0.15, 0.2) is 83.8 Å². The Morgan fingerprint density at radius 1 is 0.714 bits per heavy atom. The van der Waals surface area contributed by atoms with Gasteiger partial charge in [0.15, 0.2) is 0 Å². The molecule has 102 valence electrons. The summed E-state index contributed by atoms with van der Waals surface area (Å²) in [6.07, 6.45) is 5.60. The molecule has 21 heavy (non-hydrogen) atoms. The molecule has 0 saturated carbocycles. The Balaban J connectivity index is 1.98. The highest BCUT2D eigenvalue weighted by molar-refractivity contribution is 5.69. The second kappa shape index (κ2) is 6.06. The van der Waals surface area contributed by atoms with Crippen molar-refractivity contribution >= 4 is 12.2 Å². The minimum absolute atomic E-state index is 0.0177. The van der Waals surface area contributed by atoms with Crippen LogP contribution >= 0.6 is 0 Å². The fourth-order valence-electron chi connectivity index (χ4n) is 2.18. The highest BCUT2D eigenvalue weighted by Crippen LogP contribution is 2.07. The van der Waals surface area contributed by atoms with Crippen LogP contribution in [-0.2, 0) is 0 Å². The SMILES string of the molecule is O=c1c(/C=C/c2ccccc2)cccn1-c1ccccc1. The van der Waals surface area contributed by atoms with Crippen molar-refractivity contribution in [3.8, 4) is 5.69 Å². The van der Waals surface area contributed by atoms with Crippen LogP contribution in [0, 0.1) is 0 Å². The largest absolute Gasteiger partial charge is 0.284 e. The number of hydrogen-bond acceptors (Lipinski definition) is 1. The summed E-state index contributed by atoms with van der Waals surface area (Å²) in [5, 5.41) is 0. The van der Waals surface area contributed by atoms with Crippen LogP contribution in [0.5, 0.6) is 0 Å². The zero-order valence-corrected chi connectivity index (χ0v) is 11.5. The minimum atomic E-state index is -0.0177. The van der Waals surface area contributed by atoms with Crippen molar-refractivity contribution in [3.05, 3.63) is 100 Å². The first kappa shape index (κ1) is 13.1. The van der Waals surface area contributed by atoms with Crippen molar-refractivity contribution in [2.45, 2.75) is 0 Å². The Bertz CT molecular complexity index is 802. The van der Waals surface area contributed by atoms with Crippen molar-refractivity contribution in [1.82, 2.24) is 4.57 Å². The molecule has 1 heterocycles. The van der Waals surface area contributed by atoms with Gasteiger partial charge >= 0.3 is 0 Å². The molecule has 1 aromatic heterocycles. The summed E-state index contributed by atoms with van der Waals surface area (Å²) in [6.45, 7) is 0. The lowest BCUT2D eigenvalue weighted by Crippen LogP contribution is -2.19. The maximum atomic E-state index is 12.5. The average molecular weight is 273 g/mol. The van der Waals surface area contributed by atoms with Gasteiger partial charge in [0.25, 0.3) is 5.56 Å². The predicted molar refractivity (Wildman–Crippen MR) is 87.4 cm³/mol. The Morgan fingerprint density at radius 3 is 2.10 bits per heavy atom. The van der Waals surface area contributed by atoms with E-state index in [-0.39, 0.29) is 5.56 Å². The predicted octanol–water partition coefficient (Wildman–Crippen LogP) is 4.01. The molecule has 0 aliphatic rings. The van der Waals surface area contributed by atoms with Crippen molar-refractivity contribution in [1.29, 1.82) is 0 Å². The number of rotatable bonds is 3. The van der Waals surface area contributed by atoms with E-state index in [0.717, 1.165) is 11.3 Å². The summed E-state index contributed by atoms with van der Waals surface area (Å²) < 4.78 is 1.66. The Morgan fingerprint density at radius 2 is 1.38 bits per heavy atom. The molecular weight excluding hydrogens is 258 g/mol. The molecular formula is C19H15NO. The van der Waals surface area contributed by atoms with Gasteiger partial charge in [-0.1, -0.05) is 54.6 Å². The van der Waals surface area contributed by atoms with Gasteiger partial charge in [-0.25, -0.2) is 0 Å². The lowest BCUT2D eigenvalue weighted by Gasteiger charge is -2.05. The molecule has 0 radical (unpaired) electrons. The molecule has 0 bridgehead atoms. The third kappa shape index (κ3) is 3.00. The zero-order valence-electron chi connectivity index (χ0n) is 11.5. The summed E-state index contributed by atoms with van der Waals surface area (Å²) in [5.41, 5.74) is 2.60. The van der Waals surface area contributed by atoms with E-state index >= 15 is 0 Å². The first-order chi connectivity index (χ1) is 10.3. The maximum absolute atomic E-state index is 12.5. The van der Waals surface area contributed by atoms with Gasteiger partial charge in [-0.05, 0) is 35.9 Å². The minimum Gasteiger partial charge on any atom is -0.284 e. The van der Waals surface area contributed by atoms with Gasteiger partial charge < -0.3 is 0 Å². The number of benzene rings is 2. The van der Waals surface area contributed by atoms with Gasteiger partial charge in [-0.3, -0.25) is 9.36 Å². The average Bonchev–Trinajstić information content (AvgIpc) is 2.56. The van der Waals surface area contributed by atoms with Crippen LogP contribution < -0.4 is 5.56 Å². The van der Waals surface area contributed by atoms with Crippen LogP contribution in [0.4, 0.5) is 0 Å². The van der Waals surface area contributed by atoms with Gasteiger partial charge in [0.2, 0.25) is 0 Å². The normalized spacial score (nSPS) is 10.9. The molecule has 2 aromatic carbocycles. The highest BCUT2D eigenvalue weighted by atomic mass is 16.1. The molecule has 0 amide bonds. The summed E-state index contributed by atoms with van der Waals surface area (Å²) in [7, 11) is 0. The van der Waals surface area contributed by atoms with Crippen molar-refractivity contribution in [2.75, 3.05) is 0 Å². The van der Waals surface area contributed by atoms with Gasteiger partial charge in [-0.15, -0.1) is 0 Å². The number of pyridine rings is 1. The molecule has 0 aliphatic carbocycles. The van der Waals surface area contributed by atoms with E-state index in [1.165, 1.54) is 0 Å². The van der Waals surface area contributed by atoms with E-state index in [0.29, 0.717) is 5.56 Å². The van der Waals surface area contributed by atoms with Crippen LogP contribution in [0.1, 0.15) is 11.1 Å². The van der Waals surface area contributed by atoms with E-state index in [9.17, 15) is 4.79 Å². The van der Waals surface area contributed by atoms with Gasteiger partial charge in [0, 0.05) is 17.4 Å². The molecule has 2 nitrogen and oxygen atoms in total. The molecule has 3 aromatic rings. The van der Waals surface area contributed by atoms with Crippen LogP contribution in [0.3, 0.4) is 0 Å². The van der Waals surface area contributed by atoms with E-state index in [2.05, 4.69) is 0 Å². The zero-order chi connectivity index (χ0) is 14.5. The Labute approximate surface area is 123 Å². The number of para-hydroxylation sites is 1. The first-order valence-corrected chi connectivity index (χ1v) is 6.85. The third-order valence-corrected chi connectivity index (χ3v) is 3.27. The van der Waals surface area contributed by atoms with E-state index in [1.54, 1.807) is 10.8 Å². The van der Waals surface area contributed by atoms with Crippen molar-refractivity contribution in [3.63, 3.8) is 0 Å². The second-order valence-corrected chi connectivity index (χ2v) is 4.72. The number of nitrogens with zero attached hydrogens (tertiary/aromatic N) is 1. The molecule has 0 saturated heterocycles. The van der Waals surface area contributed by atoms with Crippen LogP contribution in [-0.4, -0.2) is 4.57 Å². The van der Waals surface area contributed by atoms with Gasteiger partial charge in [-0.2, -0.15) is 0 Å². The molecule has 0 aliphatic heterocycles. The fraction of sp³-hybridized carbons (Fsp3) is 0. The maximum Gasteiger partial charge on any atom is 0.262 e. The second-order valence-electron chi connectivity index (χ2n) is 4.72. The third-order valence-electron chi connectivity index (χ3n) is 3.27. The Kier molecular flexibility index (Phi) is 3.79. The standard InChI is InChI=1S/C19H15NO/c21-19-17(14-13-16-8-3-1-4-9-16)10-7-15-20(19)18-11-5-2-6-12-18/h1-15H/b14-13+. The van der Waals surface area contributed by atoms with Gasteiger partial charge in [0.05, 0.1) is 0 Å². The van der Waals surface area contributed by atoms with Gasteiger partial charge in [0.1, 0.15) is 0 Å². The van der Waals surface area contributed by atoms with E-state index in [4.69, 9.17) is 0 Å². The molecule has 2 heteroatoms. The topological polar surface area (TPSA) is 22.0 Å². The van der Waals surface area contributed by atoms with Crippen molar-refractivity contribution < 1.29 is 0 Å². The molecule has 0 spiro atoms. The summed E-state index contributed by atoms with van der Waals surface area (Å²) >= 11 is 0. The summed E-state index contributed by atoms with van der Waals surface area (Å²) in [5.74, 6) is 0. The summed E-state index contributed by atoms with van der Waals surface area (Å²) in [6, 6.07) is 23.3. The Hall–Kier alpha value is -2.87. The smallest absolute Gasteiger partial charge is 0.262 e. The fourth-order valence-corrected chi connectivity index (χ4v) is 2.18. The molecule has 0 atom stereocenters. The van der Waals surface area contributed by atoms with Crippen LogP contribution in [0.25, 0.3) is 17.8 Å². The lowest BCUT2D eigenvalue weighted by molar-refractivity contribution is 0.985. The molecule has 3 rings (SSSR count). The van der Waals surface area contributed by atoms with E-state index in [1.807, 2.05) is 84.9 Å². The lowest BCUT2D eigenvalue weighted by atomic mass is 10.1. The monoisotopic (exact) mass is 273 g/mol. The van der Waals surface area contributed by atoms with Crippen LogP contribution in [0.2, 0.25) is 0 Å². The molecule has 0 unspecified atom stereocenters. The van der Waals surface area contributed by atoms with E-state index < -0.39 is 0 Å². The first-order valence-electron chi connectivity index (χ1n) is 6.85. The number of aromatic nitrogens is 1. The van der Waals surface area contributed by atoms with Crippen molar-refractivity contribution in [2.24, 2.45) is 0 Å². The summed E-state index contributed by atoms with van der Waals surface area (Å²) in [4.78, 5) is 12.5. The molecule has 0 fully saturated rings. The number of hydrogen-bond donors (Lipinski definition) is 0.